The maximum Gasteiger partial charge on any atom is 0.319 e. The van der Waals surface area contributed by atoms with Crippen molar-refractivity contribution in [1.82, 2.24) is 15.1 Å². The summed E-state index contributed by atoms with van der Waals surface area (Å²) in [6.07, 6.45) is 0.956. The Hall–Kier alpha value is -2.34. The molecule has 130 valence electrons. The molecule has 0 aliphatic heterocycles. The highest BCUT2D eigenvalue weighted by Crippen LogP contribution is 2.20. The number of anilines is 1. The van der Waals surface area contributed by atoms with E-state index >= 15 is 0 Å². The zero-order chi connectivity index (χ0) is 17.7. The summed E-state index contributed by atoms with van der Waals surface area (Å²) in [5, 5.41) is 19.7. The summed E-state index contributed by atoms with van der Waals surface area (Å²) in [6.45, 7) is 8.47. The van der Waals surface area contributed by atoms with Gasteiger partial charge in [0.25, 0.3) is 0 Å². The van der Waals surface area contributed by atoms with Gasteiger partial charge in [-0.25, -0.2) is 4.79 Å². The van der Waals surface area contributed by atoms with E-state index in [0.717, 1.165) is 29.9 Å². The van der Waals surface area contributed by atoms with Crippen LogP contribution < -0.4 is 10.6 Å². The van der Waals surface area contributed by atoms with E-state index in [1.807, 2.05) is 49.7 Å². The first-order valence-corrected chi connectivity index (χ1v) is 8.31. The van der Waals surface area contributed by atoms with Gasteiger partial charge in [-0.2, -0.15) is 5.10 Å². The zero-order valence-electron chi connectivity index (χ0n) is 14.8. The summed E-state index contributed by atoms with van der Waals surface area (Å²) in [4.78, 5) is 12.3. The number of aliphatic hydroxyl groups excluding tert-OH is 1. The van der Waals surface area contributed by atoms with Crippen LogP contribution in [0.1, 0.15) is 42.4 Å². The maximum absolute atomic E-state index is 12.3. The minimum Gasteiger partial charge on any atom is -0.394 e. The molecule has 0 radical (unpaired) electrons. The summed E-state index contributed by atoms with van der Waals surface area (Å²) in [7, 11) is 0. The molecule has 0 saturated heterocycles. The normalized spacial score (nSPS) is 12.0. The van der Waals surface area contributed by atoms with Crippen molar-refractivity contribution in [2.45, 2.75) is 46.7 Å². The number of nitrogens with zero attached hydrogens (tertiary/aromatic N) is 2. The lowest BCUT2D eigenvalue weighted by Crippen LogP contribution is -2.34. The van der Waals surface area contributed by atoms with Crippen LogP contribution in [0.3, 0.4) is 0 Å². The highest BCUT2D eigenvalue weighted by Gasteiger charge is 2.17. The Bertz CT molecular complexity index is 692. The Morgan fingerprint density at radius 1 is 1.25 bits per heavy atom. The minimum atomic E-state index is -0.447. The molecule has 2 aromatic rings. The van der Waals surface area contributed by atoms with Crippen molar-refractivity contribution in [3.63, 3.8) is 0 Å². The molecule has 1 unspecified atom stereocenters. The van der Waals surface area contributed by atoms with Gasteiger partial charge in [-0.15, -0.1) is 0 Å². The number of carbonyl (C=O) groups excluding carboxylic acids is 1. The van der Waals surface area contributed by atoms with E-state index in [-0.39, 0.29) is 12.6 Å². The van der Waals surface area contributed by atoms with E-state index in [1.54, 1.807) is 0 Å². The molecule has 1 atom stereocenters. The second-order valence-corrected chi connectivity index (χ2v) is 5.79. The standard InChI is InChI=1S/C18H26N4O2/c1-5-14-7-9-15(10-8-14)16(11-23)19-18(24)20-17-12(3)21-22(6-2)13(17)4/h7-10,16,23H,5-6,11H2,1-4H3,(H2,19,20,24). The Kier molecular flexibility index (Phi) is 5.98. The number of nitrogens with one attached hydrogen (secondary N) is 2. The van der Waals surface area contributed by atoms with Crippen LogP contribution in [0, 0.1) is 13.8 Å². The number of aryl methyl sites for hydroxylation is 3. The van der Waals surface area contributed by atoms with Crippen molar-refractivity contribution >= 4 is 11.7 Å². The van der Waals surface area contributed by atoms with Gasteiger partial charge in [-0.05, 0) is 38.3 Å². The second-order valence-electron chi connectivity index (χ2n) is 5.79. The van der Waals surface area contributed by atoms with E-state index in [9.17, 15) is 9.90 Å². The third-order valence-electron chi connectivity index (χ3n) is 4.20. The molecule has 0 saturated carbocycles. The molecule has 0 aliphatic rings. The molecule has 0 fully saturated rings. The molecule has 2 rings (SSSR count). The van der Waals surface area contributed by atoms with Crippen molar-refractivity contribution in [2.75, 3.05) is 11.9 Å². The largest absolute Gasteiger partial charge is 0.394 e. The zero-order valence-corrected chi connectivity index (χ0v) is 14.8. The lowest BCUT2D eigenvalue weighted by molar-refractivity contribution is 0.225. The van der Waals surface area contributed by atoms with Crippen molar-refractivity contribution < 1.29 is 9.90 Å². The number of rotatable bonds is 6. The van der Waals surface area contributed by atoms with Crippen LogP contribution in [0.2, 0.25) is 0 Å². The fourth-order valence-corrected chi connectivity index (χ4v) is 2.71. The molecule has 24 heavy (non-hydrogen) atoms. The van der Waals surface area contributed by atoms with Crippen LogP contribution in [-0.2, 0) is 13.0 Å². The third kappa shape index (κ3) is 3.94. The first-order valence-electron chi connectivity index (χ1n) is 8.31. The number of urea groups is 1. The molecular weight excluding hydrogens is 304 g/mol. The van der Waals surface area contributed by atoms with E-state index < -0.39 is 6.04 Å². The maximum atomic E-state index is 12.3. The molecule has 1 aromatic carbocycles. The summed E-state index contributed by atoms with van der Waals surface area (Å²) in [5.74, 6) is 0. The number of carbonyl (C=O) groups is 1. The second kappa shape index (κ2) is 7.97. The van der Waals surface area contributed by atoms with Crippen molar-refractivity contribution in [1.29, 1.82) is 0 Å². The SMILES string of the molecule is CCc1ccc(C(CO)NC(=O)Nc2c(C)nn(CC)c2C)cc1. The van der Waals surface area contributed by atoms with Gasteiger partial charge >= 0.3 is 6.03 Å². The summed E-state index contributed by atoms with van der Waals surface area (Å²) >= 11 is 0. The molecule has 0 aliphatic carbocycles. The average molecular weight is 330 g/mol. The first kappa shape index (κ1) is 18.0. The van der Waals surface area contributed by atoms with Gasteiger partial charge in [-0.3, -0.25) is 4.68 Å². The van der Waals surface area contributed by atoms with Crippen LogP contribution in [0.5, 0.6) is 0 Å². The highest BCUT2D eigenvalue weighted by molar-refractivity contribution is 5.90. The first-order chi connectivity index (χ1) is 11.5. The topological polar surface area (TPSA) is 79.2 Å². The van der Waals surface area contributed by atoms with Crippen LogP contribution in [0.25, 0.3) is 0 Å². The van der Waals surface area contributed by atoms with Gasteiger partial charge in [0, 0.05) is 6.54 Å². The number of hydrogen-bond donors (Lipinski definition) is 3. The number of aliphatic hydroxyl groups is 1. The van der Waals surface area contributed by atoms with Crippen molar-refractivity contribution in [3.05, 3.63) is 46.8 Å². The Balaban J connectivity index is 2.08. The van der Waals surface area contributed by atoms with E-state index in [2.05, 4.69) is 22.7 Å². The predicted molar refractivity (Wildman–Crippen MR) is 95.2 cm³/mol. The van der Waals surface area contributed by atoms with Gasteiger partial charge in [0.15, 0.2) is 0 Å². The number of hydrogen-bond acceptors (Lipinski definition) is 3. The average Bonchev–Trinajstić information content (AvgIpc) is 2.87. The fourth-order valence-electron chi connectivity index (χ4n) is 2.71. The number of benzene rings is 1. The monoisotopic (exact) mass is 330 g/mol. The molecule has 1 aromatic heterocycles. The van der Waals surface area contributed by atoms with Crippen LogP contribution in [0.15, 0.2) is 24.3 Å². The van der Waals surface area contributed by atoms with Crippen molar-refractivity contribution in [2.24, 2.45) is 0 Å². The molecule has 0 bridgehead atoms. The van der Waals surface area contributed by atoms with E-state index in [0.29, 0.717) is 5.69 Å². The lowest BCUT2D eigenvalue weighted by Gasteiger charge is -2.18. The molecule has 6 heteroatoms. The molecular formula is C18H26N4O2. The number of aromatic nitrogens is 2. The Morgan fingerprint density at radius 3 is 2.42 bits per heavy atom. The van der Waals surface area contributed by atoms with Crippen LogP contribution >= 0.6 is 0 Å². The molecule has 0 spiro atoms. The number of amides is 2. The highest BCUT2D eigenvalue weighted by atomic mass is 16.3. The van der Waals surface area contributed by atoms with Gasteiger partial charge in [0.1, 0.15) is 0 Å². The minimum absolute atomic E-state index is 0.162. The fraction of sp³-hybridized carbons (Fsp3) is 0.444. The summed E-state index contributed by atoms with van der Waals surface area (Å²) < 4.78 is 1.85. The summed E-state index contributed by atoms with van der Waals surface area (Å²) in [6, 6.07) is 7.10. The van der Waals surface area contributed by atoms with Gasteiger partial charge in [0.05, 0.1) is 29.7 Å². The van der Waals surface area contributed by atoms with Crippen molar-refractivity contribution in [3.8, 4) is 0 Å². The van der Waals surface area contributed by atoms with E-state index in [1.165, 1.54) is 5.56 Å². The predicted octanol–water partition coefficient (Wildman–Crippen LogP) is 2.94. The Morgan fingerprint density at radius 2 is 1.92 bits per heavy atom. The van der Waals surface area contributed by atoms with Gasteiger partial charge in [-0.1, -0.05) is 31.2 Å². The van der Waals surface area contributed by atoms with E-state index in [4.69, 9.17) is 0 Å². The molecule has 1 heterocycles. The quantitative estimate of drug-likeness (QED) is 0.762. The van der Waals surface area contributed by atoms with Crippen LogP contribution in [0.4, 0.5) is 10.5 Å². The lowest BCUT2D eigenvalue weighted by atomic mass is 10.0. The summed E-state index contributed by atoms with van der Waals surface area (Å²) in [5.41, 5.74) is 4.50. The smallest absolute Gasteiger partial charge is 0.319 e. The van der Waals surface area contributed by atoms with Gasteiger partial charge < -0.3 is 15.7 Å². The van der Waals surface area contributed by atoms with Crippen LogP contribution in [-0.4, -0.2) is 27.5 Å². The Labute approximate surface area is 142 Å². The molecule has 3 N–H and O–H groups in total. The van der Waals surface area contributed by atoms with Gasteiger partial charge in [0.2, 0.25) is 0 Å². The third-order valence-corrected chi connectivity index (χ3v) is 4.20. The molecule has 2 amide bonds. The molecule has 6 nitrogen and oxygen atoms in total.